The second-order valence-electron chi connectivity index (χ2n) is 2.77. The summed E-state index contributed by atoms with van der Waals surface area (Å²) >= 11 is 4.73. The average Bonchev–Trinajstić information content (AvgIpc) is 1.82. The minimum atomic E-state index is -2.73. The molecule has 0 aliphatic carbocycles. The van der Waals surface area contributed by atoms with Crippen LogP contribution in [0.1, 0.15) is 11.1 Å². The summed E-state index contributed by atoms with van der Waals surface area (Å²) in [6.07, 6.45) is 0. The highest BCUT2D eigenvalue weighted by molar-refractivity contribution is 8.31. The van der Waals surface area contributed by atoms with E-state index in [1.54, 1.807) is 0 Å². The quantitative estimate of drug-likeness (QED) is 0.744. The van der Waals surface area contributed by atoms with Gasteiger partial charge >= 0.3 is 0 Å². The Balaban J connectivity index is 3.53. The molecular formula is C8H11NOS2. The lowest BCUT2D eigenvalue weighted by atomic mass is 10.2. The number of aryl methyl sites for hydroxylation is 2. The Morgan fingerprint density at radius 3 is 2.00 bits per heavy atom. The van der Waals surface area contributed by atoms with Crippen molar-refractivity contribution in [1.82, 2.24) is 0 Å². The first kappa shape index (κ1) is 9.64. The molecular weight excluding hydrogens is 190 g/mol. The summed E-state index contributed by atoms with van der Waals surface area (Å²) in [7, 11) is -2.73. The molecule has 0 saturated heterocycles. The van der Waals surface area contributed by atoms with Gasteiger partial charge in [-0.3, -0.25) is 0 Å². The van der Waals surface area contributed by atoms with E-state index in [2.05, 4.69) is 0 Å². The first-order chi connectivity index (χ1) is 5.43. The van der Waals surface area contributed by atoms with Crippen LogP contribution in [-0.2, 0) is 19.9 Å². The van der Waals surface area contributed by atoms with Gasteiger partial charge < -0.3 is 0 Å². The van der Waals surface area contributed by atoms with Crippen molar-refractivity contribution in [3.8, 4) is 0 Å². The lowest BCUT2D eigenvalue weighted by Gasteiger charge is -2.08. The first-order valence-corrected chi connectivity index (χ1v) is 6.06. The third kappa shape index (κ3) is 1.83. The van der Waals surface area contributed by atoms with E-state index in [0.29, 0.717) is 4.90 Å². The highest BCUT2D eigenvalue weighted by Crippen LogP contribution is 2.17. The van der Waals surface area contributed by atoms with Crippen LogP contribution in [-0.4, -0.2) is 4.21 Å². The maximum atomic E-state index is 11.4. The van der Waals surface area contributed by atoms with Crippen molar-refractivity contribution < 1.29 is 4.21 Å². The fourth-order valence-corrected chi connectivity index (χ4v) is 3.07. The average molecular weight is 201 g/mol. The predicted molar refractivity (Wildman–Crippen MR) is 53.9 cm³/mol. The standard InChI is InChI=1S/C8H11NOS2/c1-6-4-3-5-7(2)8(6)12(9,10)11/h3-5H,1-2H3,(H2,9,10,11). The zero-order valence-electron chi connectivity index (χ0n) is 7.03. The summed E-state index contributed by atoms with van der Waals surface area (Å²) in [4.78, 5) is 0.611. The van der Waals surface area contributed by atoms with Crippen molar-refractivity contribution in [1.29, 1.82) is 0 Å². The molecule has 0 aromatic heterocycles. The van der Waals surface area contributed by atoms with Crippen LogP contribution in [0.3, 0.4) is 0 Å². The van der Waals surface area contributed by atoms with Crippen molar-refractivity contribution in [2.24, 2.45) is 5.14 Å². The van der Waals surface area contributed by atoms with Crippen molar-refractivity contribution in [3.05, 3.63) is 29.3 Å². The van der Waals surface area contributed by atoms with Gasteiger partial charge in [0.25, 0.3) is 0 Å². The van der Waals surface area contributed by atoms with Gasteiger partial charge in [-0.05, 0) is 25.0 Å². The van der Waals surface area contributed by atoms with Crippen LogP contribution in [0.4, 0.5) is 0 Å². The van der Waals surface area contributed by atoms with Crippen molar-refractivity contribution in [2.75, 3.05) is 0 Å². The minimum absolute atomic E-state index is 0.611. The molecule has 0 aliphatic rings. The van der Waals surface area contributed by atoms with Crippen LogP contribution in [0.15, 0.2) is 23.1 Å². The van der Waals surface area contributed by atoms with Gasteiger partial charge in [0.15, 0.2) is 0 Å². The summed E-state index contributed by atoms with van der Waals surface area (Å²) in [6, 6.07) is 5.62. The molecule has 4 heteroatoms. The van der Waals surface area contributed by atoms with E-state index >= 15 is 0 Å². The third-order valence-electron chi connectivity index (χ3n) is 1.69. The van der Waals surface area contributed by atoms with E-state index in [0.717, 1.165) is 11.1 Å². The van der Waals surface area contributed by atoms with E-state index in [-0.39, 0.29) is 0 Å². The van der Waals surface area contributed by atoms with Gasteiger partial charge in [-0.15, -0.1) is 0 Å². The van der Waals surface area contributed by atoms with Crippen molar-refractivity contribution in [2.45, 2.75) is 18.7 Å². The lowest BCUT2D eigenvalue weighted by molar-refractivity contribution is 0.682. The summed E-state index contributed by atoms with van der Waals surface area (Å²) in [5.41, 5.74) is 1.80. The molecule has 0 bridgehead atoms. The number of nitrogens with two attached hydrogens (primary N) is 1. The van der Waals surface area contributed by atoms with Crippen molar-refractivity contribution >= 4 is 19.9 Å². The van der Waals surface area contributed by atoms with E-state index < -0.39 is 8.68 Å². The molecule has 66 valence electrons. The molecule has 0 amide bonds. The fourth-order valence-electron chi connectivity index (χ4n) is 1.25. The van der Waals surface area contributed by atoms with E-state index in [1.807, 2.05) is 32.0 Å². The zero-order valence-corrected chi connectivity index (χ0v) is 8.67. The maximum absolute atomic E-state index is 11.4. The molecule has 1 aromatic rings. The summed E-state index contributed by atoms with van der Waals surface area (Å²) in [5.74, 6) is 0. The van der Waals surface area contributed by atoms with Crippen LogP contribution in [0.25, 0.3) is 0 Å². The van der Waals surface area contributed by atoms with Crippen LogP contribution in [0, 0.1) is 13.8 Å². The number of rotatable bonds is 1. The van der Waals surface area contributed by atoms with Gasteiger partial charge in [0, 0.05) is 11.2 Å². The first-order valence-electron chi connectivity index (χ1n) is 3.52. The molecule has 12 heavy (non-hydrogen) atoms. The smallest absolute Gasteiger partial charge is 0.116 e. The number of benzene rings is 1. The Bertz CT molecular complexity index is 375. The molecule has 1 atom stereocenters. The van der Waals surface area contributed by atoms with Gasteiger partial charge in [-0.1, -0.05) is 18.2 Å². The molecule has 1 unspecified atom stereocenters. The van der Waals surface area contributed by atoms with E-state index in [4.69, 9.17) is 16.3 Å². The molecule has 2 nitrogen and oxygen atoms in total. The fraction of sp³-hybridized carbons (Fsp3) is 0.250. The maximum Gasteiger partial charge on any atom is 0.116 e. The molecule has 1 rings (SSSR count). The zero-order chi connectivity index (χ0) is 9.35. The lowest BCUT2D eigenvalue weighted by Crippen LogP contribution is -2.13. The molecule has 0 heterocycles. The molecule has 0 saturated carbocycles. The molecule has 0 aliphatic heterocycles. The Kier molecular flexibility index (Phi) is 2.51. The molecule has 0 fully saturated rings. The number of hydrogen-bond acceptors (Lipinski definition) is 2. The number of hydrogen-bond donors (Lipinski definition) is 1. The summed E-state index contributed by atoms with van der Waals surface area (Å²) < 4.78 is 11.4. The predicted octanol–water partition coefficient (Wildman–Crippen LogP) is 1.28. The highest BCUT2D eigenvalue weighted by atomic mass is 32.8. The molecule has 0 spiro atoms. The van der Waals surface area contributed by atoms with Crippen molar-refractivity contribution in [3.63, 3.8) is 0 Å². The van der Waals surface area contributed by atoms with Crippen LogP contribution < -0.4 is 5.14 Å². The minimum Gasteiger partial charge on any atom is -0.247 e. The topological polar surface area (TPSA) is 43.1 Å². The second-order valence-corrected chi connectivity index (χ2v) is 5.75. The van der Waals surface area contributed by atoms with Gasteiger partial charge in [0.05, 0.1) is 4.90 Å². The third-order valence-corrected chi connectivity index (χ3v) is 3.41. The molecule has 2 N–H and O–H groups in total. The SMILES string of the molecule is Cc1cccc(C)c1S(N)(=O)=S. The Morgan fingerprint density at radius 2 is 1.75 bits per heavy atom. The Labute approximate surface area is 77.6 Å². The largest absolute Gasteiger partial charge is 0.247 e. The van der Waals surface area contributed by atoms with Gasteiger partial charge in [0.2, 0.25) is 0 Å². The molecule has 0 radical (unpaired) electrons. The monoisotopic (exact) mass is 201 g/mol. The molecule has 1 aromatic carbocycles. The Hall–Kier alpha value is -0.450. The Morgan fingerprint density at radius 1 is 1.33 bits per heavy atom. The second kappa shape index (κ2) is 3.12. The van der Waals surface area contributed by atoms with Gasteiger partial charge in [-0.25, -0.2) is 9.35 Å². The summed E-state index contributed by atoms with van der Waals surface area (Å²) in [5, 5.41) is 5.40. The van der Waals surface area contributed by atoms with Crippen LogP contribution in [0.5, 0.6) is 0 Å². The summed E-state index contributed by atoms with van der Waals surface area (Å²) in [6.45, 7) is 3.72. The van der Waals surface area contributed by atoms with Gasteiger partial charge in [-0.2, -0.15) is 0 Å². The van der Waals surface area contributed by atoms with Crippen LogP contribution >= 0.6 is 0 Å². The van der Waals surface area contributed by atoms with Crippen LogP contribution in [0.2, 0.25) is 0 Å². The van der Waals surface area contributed by atoms with E-state index in [1.165, 1.54) is 0 Å². The normalized spacial score (nSPS) is 15.6. The highest BCUT2D eigenvalue weighted by Gasteiger charge is 2.09. The van der Waals surface area contributed by atoms with E-state index in [9.17, 15) is 4.21 Å². The van der Waals surface area contributed by atoms with Gasteiger partial charge in [0.1, 0.15) is 8.68 Å².